The van der Waals surface area contributed by atoms with E-state index in [-0.39, 0.29) is 22.9 Å². The van der Waals surface area contributed by atoms with Crippen LogP contribution >= 0.6 is 0 Å². The van der Waals surface area contributed by atoms with Crippen LogP contribution in [0.5, 0.6) is 0 Å². The van der Waals surface area contributed by atoms with E-state index < -0.39 is 5.91 Å². The molecule has 1 aliphatic rings. The quantitative estimate of drug-likeness (QED) is 0.833. The third kappa shape index (κ3) is 3.60. The molecule has 1 saturated heterocycles. The molecule has 0 aliphatic carbocycles. The van der Waals surface area contributed by atoms with Crippen LogP contribution in [0.3, 0.4) is 0 Å². The van der Waals surface area contributed by atoms with Crippen molar-refractivity contribution < 1.29 is 9.59 Å². The lowest BCUT2D eigenvalue weighted by Crippen LogP contribution is -2.35. The smallest absolute Gasteiger partial charge is 0.269 e. The molecule has 26 heavy (non-hydrogen) atoms. The van der Waals surface area contributed by atoms with Crippen molar-refractivity contribution in [2.75, 3.05) is 20.6 Å². The number of hydrogen-bond donors (Lipinski definition) is 2. The maximum Gasteiger partial charge on any atom is 0.269 e. The van der Waals surface area contributed by atoms with Crippen LogP contribution in [0.1, 0.15) is 36.3 Å². The summed E-state index contributed by atoms with van der Waals surface area (Å²) >= 11 is 0. The van der Waals surface area contributed by atoms with E-state index in [1.807, 2.05) is 19.2 Å². The first-order valence-corrected chi connectivity index (χ1v) is 8.46. The molecule has 4 N–H and O–H groups in total. The number of pyridine rings is 1. The number of hydrogen-bond acceptors (Lipinski definition) is 5. The van der Waals surface area contributed by atoms with Crippen molar-refractivity contribution in [2.24, 2.45) is 17.4 Å². The first kappa shape index (κ1) is 19.6. The Bertz CT molecular complexity index is 798. The van der Waals surface area contributed by atoms with Gasteiger partial charge in [0, 0.05) is 37.3 Å². The van der Waals surface area contributed by atoms with E-state index in [2.05, 4.69) is 29.7 Å². The zero-order chi connectivity index (χ0) is 19.5. The molecule has 3 heterocycles. The van der Waals surface area contributed by atoms with Gasteiger partial charge in [-0.15, -0.1) is 0 Å². The molecule has 1 fully saturated rings. The summed E-state index contributed by atoms with van der Waals surface area (Å²) in [6, 6.07) is 5.38. The van der Waals surface area contributed by atoms with Crippen molar-refractivity contribution in [1.82, 2.24) is 19.7 Å². The predicted octanol–water partition coefficient (Wildman–Crippen LogP) is 0.697. The Balaban J connectivity index is 0.00000117. The van der Waals surface area contributed by atoms with Gasteiger partial charge in [0.1, 0.15) is 5.69 Å². The summed E-state index contributed by atoms with van der Waals surface area (Å²) in [4.78, 5) is 29.7. The summed E-state index contributed by atoms with van der Waals surface area (Å²) in [7, 11) is 3.34. The average Bonchev–Trinajstić information content (AvgIpc) is 3.25. The van der Waals surface area contributed by atoms with E-state index in [0.717, 1.165) is 18.5 Å². The minimum atomic E-state index is -0.579. The molecule has 2 aromatic heterocycles. The Morgan fingerprint density at radius 2 is 2.00 bits per heavy atom. The van der Waals surface area contributed by atoms with Crippen LogP contribution in [-0.2, 0) is 10.2 Å². The number of nitrogens with zero attached hydrogens (tertiary/aromatic N) is 4. The topological polar surface area (TPSA) is 120 Å². The molecular formula is C18H26N6O2. The third-order valence-corrected chi connectivity index (χ3v) is 4.86. The highest BCUT2D eigenvalue weighted by Gasteiger charge is 2.41. The largest absolute Gasteiger partial charge is 0.364 e. The lowest BCUT2D eigenvalue weighted by molar-refractivity contribution is -0.131. The van der Waals surface area contributed by atoms with Gasteiger partial charge in [-0.25, -0.2) is 9.67 Å². The van der Waals surface area contributed by atoms with Crippen molar-refractivity contribution in [2.45, 2.75) is 25.7 Å². The normalized spacial score (nSPS) is 17.0. The summed E-state index contributed by atoms with van der Waals surface area (Å²) in [5, 5.41) is 4.13. The number of likely N-dealkylation sites (tertiary alicyclic amines) is 1. The van der Waals surface area contributed by atoms with Crippen LogP contribution in [0, 0.1) is 5.92 Å². The van der Waals surface area contributed by atoms with Gasteiger partial charge in [-0.2, -0.15) is 5.10 Å². The second-order valence-corrected chi connectivity index (χ2v) is 6.74. The van der Waals surface area contributed by atoms with Crippen LogP contribution < -0.4 is 11.5 Å². The van der Waals surface area contributed by atoms with Gasteiger partial charge in [0.15, 0.2) is 5.82 Å². The zero-order valence-electron chi connectivity index (χ0n) is 15.6. The molecule has 0 radical (unpaired) electrons. The molecule has 0 spiro atoms. The van der Waals surface area contributed by atoms with Crippen LogP contribution in [0.25, 0.3) is 5.82 Å². The lowest BCUT2D eigenvalue weighted by Gasteiger charge is -2.31. The van der Waals surface area contributed by atoms with Crippen molar-refractivity contribution in [3.63, 3.8) is 0 Å². The fraction of sp³-hybridized carbons (Fsp3) is 0.444. The zero-order valence-corrected chi connectivity index (χ0v) is 15.6. The van der Waals surface area contributed by atoms with Crippen LogP contribution in [0.4, 0.5) is 0 Å². The second-order valence-electron chi connectivity index (χ2n) is 6.74. The van der Waals surface area contributed by atoms with E-state index in [1.54, 1.807) is 23.4 Å². The number of nitrogens with two attached hydrogens (primary N) is 2. The van der Waals surface area contributed by atoms with E-state index in [4.69, 9.17) is 5.73 Å². The monoisotopic (exact) mass is 358 g/mol. The Hall–Kier alpha value is -2.74. The van der Waals surface area contributed by atoms with Crippen LogP contribution in [-0.4, -0.2) is 52.1 Å². The number of carbonyl (C=O) groups is 2. The molecule has 8 nitrogen and oxygen atoms in total. The Labute approximate surface area is 153 Å². The number of rotatable bonds is 4. The molecule has 1 aliphatic heterocycles. The molecule has 2 aromatic rings. The summed E-state index contributed by atoms with van der Waals surface area (Å²) in [5.74, 6) is 0.127. The van der Waals surface area contributed by atoms with Gasteiger partial charge in [0.25, 0.3) is 5.91 Å². The minimum Gasteiger partial charge on any atom is -0.364 e. The van der Waals surface area contributed by atoms with Gasteiger partial charge in [-0.05, 0) is 37.2 Å². The highest BCUT2D eigenvalue weighted by atomic mass is 16.2. The van der Waals surface area contributed by atoms with E-state index in [0.29, 0.717) is 5.82 Å². The lowest BCUT2D eigenvalue weighted by atomic mass is 9.73. The van der Waals surface area contributed by atoms with E-state index in [1.165, 1.54) is 11.7 Å². The molecule has 1 atom stereocenters. The van der Waals surface area contributed by atoms with Crippen LogP contribution in [0.2, 0.25) is 0 Å². The van der Waals surface area contributed by atoms with E-state index in [9.17, 15) is 9.59 Å². The van der Waals surface area contributed by atoms with Crippen molar-refractivity contribution >= 4 is 11.8 Å². The first-order valence-electron chi connectivity index (χ1n) is 8.46. The van der Waals surface area contributed by atoms with Crippen molar-refractivity contribution in [3.8, 4) is 5.82 Å². The summed E-state index contributed by atoms with van der Waals surface area (Å²) in [5.41, 5.74) is 10.6. The van der Waals surface area contributed by atoms with Crippen molar-refractivity contribution in [3.05, 3.63) is 41.9 Å². The van der Waals surface area contributed by atoms with Gasteiger partial charge in [0.2, 0.25) is 5.91 Å². The Morgan fingerprint density at radius 3 is 2.54 bits per heavy atom. The van der Waals surface area contributed by atoms with Crippen molar-refractivity contribution in [1.29, 1.82) is 0 Å². The van der Waals surface area contributed by atoms with Gasteiger partial charge < -0.3 is 16.4 Å². The highest BCUT2D eigenvalue weighted by Crippen LogP contribution is 2.38. The van der Waals surface area contributed by atoms with Gasteiger partial charge in [0.05, 0.1) is 0 Å². The molecule has 8 heteroatoms. The molecule has 0 bridgehead atoms. The predicted molar refractivity (Wildman–Crippen MR) is 98.8 cm³/mol. The van der Waals surface area contributed by atoms with Gasteiger partial charge >= 0.3 is 0 Å². The van der Waals surface area contributed by atoms with Gasteiger partial charge in [-0.1, -0.05) is 13.8 Å². The molecule has 140 valence electrons. The maximum atomic E-state index is 12.4. The Kier molecular flexibility index (Phi) is 5.76. The van der Waals surface area contributed by atoms with E-state index >= 15 is 0 Å². The Morgan fingerprint density at radius 1 is 1.31 bits per heavy atom. The number of amides is 2. The molecule has 0 unspecified atom stereocenters. The highest BCUT2D eigenvalue weighted by molar-refractivity contribution is 5.90. The van der Waals surface area contributed by atoms with Gasteiger partial charge in [-0.3, -0.25) is 9.59 Å². The second kappa shape index (κ2) is 7.65. The molecule has 0 aromatic carbocycles. The van der Waals surface area contributed by atoms with Crippen LogP contribution in [0.15, 0.2) is 30.6 Å². The molecule has 0 saturated carbocycles. The summed E-state index contributed by atoms with van der Waals surface area (Å²) in [6.45, 7) is 4.93. The molecule has 2 amide bonds. The number of aromatic nitrogens is 3. The maximum absolute atomic E-state index is 12.4. The third-order valence-electron chi connectivity index (χ3n) is 4.86. The SMILES string of the molecule is CN.CN1CC[C@@H](C(C)(C)c2ccnc(-n3ccc(C(N)=O)n3)c2)C1=O. The fourth-order valence-electron chi connectivity index (χ4n) is 3.22. The fourth-order valence-corrected chi connectivity index (χ4v) is 3.22. The number of primary amides is 1. The average molecular weight is 358 g/mol. The minimum absolute atomic E-state index is 0.0587. The standard InChI is InChI=1S/C17H21N5O2.CH5N/c1-17(2,12-5-8-21(3)16(12)24)11-4-7-19-14(10-11)22-9-6-13(20-22)15(18)23;1-2/h4,6-7,9-10,12H,5,8H2,1-3H3,(H2,18,23);2H2,1H3/t12-;/m1./s1. The first-order chi connectivity index (χ1) is 12.3. The number of carbonyl (C=O) groups excluding carboxylic acids is 2. The molecular weight excluding hydrogens is 332 g/mol. The summed E-state index contributed by atoms with van der Waals surface area (Å²) < 4.78 is 1.52. The summed E-state index contributed by atoms with van der Waals surface area (Å²) in [6.07, 6.45) is 4.18. The molecule has 3 rings (SSSR count).